The molecule has 1 aromatic rings. The zero-order valence-corrected chi connectivity index (χ0v) is 12.2. The van der Waals surface area contributed by atoms with Crippen LogP contribution in [0.3, 0.4) is 0 Å². The van der Waals surface area contributed by atoms with E-state index < -0.39 is 0 Å². The van der Waals surface area contributed by atoms with Gasteiger partial charge in [-0.2, -0.15) is 0 Å². The first-order chi connectivity index (χ1) is 9.68. The van der Waals surface area contributed by atoms with Gasteiger partial charge in [0.15, 0.2) is 0 Å². The molecule has 1 saturated carbocycles. The van der Waals surface area contributed by atoms with Gasteiger partial charge < -0.3 is 5.32 Å². The normalized spacial score (nSPS) is 19.1. The molecule has 20 heavy (non-hydrogen) atoms. The van der Waals surface area contributed by atoms with Crippen molar-refractivity contribution in [3.05, 3.63) is 39.9 Å². The fourth-order valence-corrected chi connectivity index (χ4v) is 3.09. The number of para-hydroxylation sites is 1. The Bertz CT molecular complexity index is 440. The first-order valence-electron chi connectivity index (χ1n) is 7.68. The van der Waals surface area contributed by atoms with Crippen molar-refractivity contribution >= 4 is 5.69 Å². The van der Waals surface area contributed by atoms with Crippen LogP contribution in [0.5, 0.6) is 0 Å². The first-order valence-corrected chi connectivity index (χ1v) is 7.68. The molecule has 4 heteroatoms. The van der Waals surface area contributed by atoms with Gasteiger partial charge in [-0.25, -0.2) is 0 Å². The van der Waals surface area contributed by atoms with Gasteiger partial charge in [-0.3, -0.25) is 10.1 Å². The minimum Gasteiger partial charge on any atom is -0.307 e. The zero-order chi connectivity index (χ0) is 14.4. The standard InChI is InChI=1S/C16H24N2O2/c1-13(15-11-7-8-12-16(15)18(19)20)17-14-9-5-3-2-4-6-10-14/h7-8,11-14,17H,2-6,9-10H2,1H3. The van der Waals surface area contributed by atoms with Gasteiger partial charge in [-0.05, 0) is 19.8 Å². The van der Waals surface area contributed by atoms with Crippen LogP contribution in [-0.2, 0) is 0 Å². The quantitative estimate of drug-likeness (QED) is 0.656. The molecule has 0 spiro atoms. The molecule has 2 rings (SSSR count). The summed E-state index contributed by atoms with van der Waals surface area (Å²) < 4.78 is 0. The summed E-state index contributed by atoms with van der Waals surface area (Å²) in [5.74, 6) is 0. The molecule has 0 amide bonds. The Morgan fingerprint density at radius 3 is 2.40 bits per heavy atom. The monoisotopic (exact) mass is 276 g/mol. The highest BCUT2D eigenvalue weighted by molar-refractivity contribution is 5.41. The van der Waals surface area contributed by atoms with Gasteiger partial charge in [0, 0.05) is 23.7 Å². The average Bonchev–Trinajstić information content (AvgIpc) is 2.41. The number of nitrogens with one attached hydrogen (secondary N) is 1. The van der Waals surface area contributed by atoms with E-state index in [9.17, 15) is 10.1 Å². The molecule has 0 saturated heterocycles. The van der Waals surface area contributed by atoms with Crippen molar-refractivity contribution in [3.8, 4) is 0 Å². The second-order valence-corrected chi connectivity index (χ2v) is 5.75. The van der Waals surface area contributed by atoms with E-state index in [2.05, 4.69) is 5.32 Å². The summed E-state index contributed by atoms with van der Waals surface area (Å²) in [5.41, 5.74) is 1.01. The van der Waals surface area contributed by atoms with E-state index in [4.69, 9.17) is 0 Å². The Morgan fingerprint density at radius 1 is 1.15 bits per heavy atom. The summed E-state index contributed by atoms with van der Waals surface area (Å²) in [6.07, 6.45) is 8.89. The molecular formula is C16H24N2O2. The van der Waals surface area contributed by atoms with Crippen molar-refractivity contribution in [1.82, 2.24) is 5.32 Å². The van der Waals surface area contributed by atoms with Crippen LogP contribution in [0.25, 0.3) is 0 Å². The van der Waals surface area contributed by atoms with Gasteiger partial charge in [-0.1, -0.05) is 50.3 Å². The summed E-state index contributed by atoms with van der Waals surface area (Å²) in [5, 5.41) is 14.7. The minimum absolute atomic E-state index is 0.0287. The number of hydrogen-bond donors (Lipinski definition) is 1. The topological polar surface area (TPSA) is 55.2 Å². The lowest BCUT2D eigenvalue weighted by Crippen LogP contribution is -2.32. The molecule has 0 bridgehead atoms. The van der Waals surface area contributed by atoms with Gasteiger partial charge in [0.1, 0.15) is 0 Å². The van der Waals surface area contributed by atoms with Gasteiger partial charge in [0.2, 0.25) is 0 Å². The highest BCUT2D eigenvalue weighted by Gasteiger charge is 2.20. The highest BCUT2D eigenvalue weighted by atomic mass is 16.6. The van der Waals surface area contributed by atoms with Crippen LogP contribution in [0.4, 0.5) is 5.69 Å². The lowest BCUT2D eigenvalue weighted by Gasteiger charge is -2.25. The highest BCUT2D eigenvalue weighted by Crippen LogP contribution is 2.26. The molecule has 110 valence electrons. The summed E-state index contributed by atoms with van der Waals surface area (Å²) in [6, 6.07) is 7.57. The van der Waals surface area contributed by atoms with E-state index in [1.165, 1.54) is 44.9 Å². The molecule has 1 atom stereocenters. The Morgan fingerprint density at radius 2 is 1.75 bits per heavy atom. The third kappa shape index (κ3) is 4.04. The summed E-state index contributed by atoms with van der Waals surface area (Å²) in [6.45, 7) is 2.03. The Kier molecular flexibility index (Phi) is 5.53. The van der Waals surface area contributed by atoms with Crippen LogP contribution in [0.2, 0.25) is 0 Å². The first kappa shape index (κ1) is 15.0. The maximum absolute atomic E-state index is 11.1. The number of nitro benzene ring substituents is 1. The molecule has 1 fully saturated rings. The number of hydrogen-bond acceptors (Lipinski definition) is 3. The van der Waals surface area contributed by atoms with Crippen molar-refractivity contribution in [2.45, 2.75) is 64.0 Å². The van der Waals surface area contributed by atoms with Crippen LogP contribution < -0.4 is 5.32 Å². The molecule has 4 nitrogen and oxygen atoms in total. The second kappa shape index (κ2) is 7.39. The third-order valence-corrected chi connectivity index (χ3v) is 4.19. The van der Waals surface area contributed by atoms with Crippen LogP contribution in [0.1, 0.15) is 63.5 Å². The SMILES string of the molecule is CC(NC1CCCCCCC1)c1ccccc1[N+](=O)[O-]. The maximum atomic E-state index is 11.1. The molecule has 1 unspecified atom stereocenters. The van der Waals surface area contributed by atoms with Crippen molar-refractivity contribution in [2.24, 2.45) is 0 Å². The molecule has 1 aliphatic rings. The lowest BCUT2D eigenvalue weighted by atomic mass is 9.95. The third-order valence-electron chi connectivity index (χ3n) is 4.19. The lowest BCUT2D eigenvalue weighted by molar-refractivity contribution is -0.385. The average molecular weight is 276 g/mol. The minimum atomic E-state index is -0.286. The van der Waals surface area contributed by atoms with Gasteiger partial charge >= 0.3 is 0 Å². The van der Waals surface area contributed by atoms with Gasteiger partial charge in [0.05, 0.1) is 4.92 Å². The van der Waals surface area contributed by atoms with Gasteiger partial charge in [0.25, 0.3) is 5.69 Å². The van der Waals surface area contributed by atoms with Crippen LogP contribution in [0.15, 0.2) is 24.3 Å². The molecule has 1 aromatic carbocycles. The maximum Gasteiger partial charge on any atom is 0.274 e. The molecule has 0 aromatic heterocycles. The van der Waals surface area contributed by atoms with E-state index in [0.717, 1.165) is 5.56 Å². The van der Waals surface area contributed by atoms with E-state index >= 15 is 0 Å². The second-order valence-electron chi connectivity index (χ2n) is 5.75. The fourth-order valence-electron chi connectivity index (χ4n) is 3.09. The molecule has 1 N–H and O–H groups in total. The summed E-state index contributed by atoms with van der Waals surface area (Å²) >= 11 is 0. The number of nitro groups is 1. The number of nitrogens with zero attached hydrogens (tertiary/aromatic N) is 1. The van der Waals surface area contributed by atoms with Crippen molar-refractivity contribution in [3.63, 3.8) is 0 Å². The Labute approximate surface area is 120 Å². The smallest absolute Gasteiger partial charge is 0.274 e. The molecule has 0 heterocycles. The zero-order valence-electron chi connectivity index (χ0n) is 12.2. The van der Waals surface area contributed by atoms with E-state index in [0.29, 0.717) is 6.04 Å². The van der Waals surface area contributed by atoms with Crippen LogP contribution >= 0.6 is 0 Å². The van der Waals surface area contributed by atoms with Crippen molar-refractivity contribution in [1.29, 1.82) is 0 Å². The Hall–Kier alpha value is -1.42. The predicted molar refractivity (Wildman–Crippen MR) is 80.8 cm³/mol. The summed E-state index contributed by atoms with van der Waals surface area (Å²) in [4.78, 5) is 10.8. The van der Waals surface area contributed by atoms with Crippen LogP contribution in [0, 0.1) is 10.1 Å². The Balaban J connectivity index is 2.03. The van der Waals surface area contributed by atoms with Crippen molar-refractivity contribution in [2.75, 3.05) is 0 Å². The van der Waals surface area contributed by atoms with Crippen molar-refractivity contribution < 1.29 is 4.92 Å². The largest absolute Gasteiger partial charge is 0.307 e. The van der Waals surface area contributed by atoms with Gasteiger partial charge in [-0.15, -0.1) is 0 Å². The summed E-state index contributed by atoms with van der Waals surface area (Å²) in [7, 11) is 0. The number of benzene rings is 1. The fraction of sp³-hybridized carbons (Fsp3) is 0.625. The molecular weight excluding hydrogens is 252 g/mol. The molecule has 1 aliphatic carbocycles. The molecule has 0 aliphatic heterocycles. The van der Waals surface area contributed by atoms with E-state index in [1.807, 2.05) is 19.1 Å². The van der Waals surface area contributed by atoms with E-state index in [1.54, 1.807) is 12.1 Å². The predicted octanol–water partition coefficient (Wildman–Crippen LogP) is 4.36. The van der Waals surface area contributed by atoms with Crippen LogP contribution in [-0.4, -0.2) is 11.0 Å². The number of rotatable bonds is 4. The molecule has 0 radical (unpaired) electrons. The van der Waals surface area contributed by atoms with E-state index in [-0.39, 0.29) is 16.7 Å².